The van der Waals surface area contributed by atoms with Crippen molar-refractivity contribution in [3.8, 4) is 0 Å². The molecule has 0 amide bonds. The quantitative estimate of drug-likeness (QED) is 0.182. The Hall–Kier alpha value is -2.63. The van der Waals surface area contributed by atoms with Crippen LogP contribution >= 0.6 is 0 Å². The average Bonchev–Trinajstić information content (AvgIpc) is 2.87. The number of esters is 2. The standard InChI is InChI=1S/C30H46N2O4/c1-5-7-9-11-13-15-20-35-29(33)26-23(3)32-24(4)27(28(26)25-18-17-19-31-22-25)30(34)36-21-16-14-12-10-8-6-2/h17-19,22,28,32H,5-16,20-21H2,1-4H3. The van der Waals surface area contributed by atoms with Crippen LogP contribution in [0.2, 0.25) is 0 Å². The fraction of sp³-hybridized carbons (Fsp3) is 0.633. The van der Waals surface area contributed by atoms with E-state index in [2.05, 4.69) is 24.1 Å². The summed E-state index contributed by atoms with van der Waals surface area (Å²) in [6.07, 6.45) is 16.8. The van der Waals surface area contributed by atoms with Gasteiger partial charge in [-0.3, -0.25) is 4.98 Å². The summed E-state index contributed by atoms with van der Waals surface area (Å²) in [6, 6.07) is 3.71. The largest absolute Gasteiger partial charge is 0.462 e. The Kier molecular flexibility index (Phi) is 13.9. The van der Waals surface area contributed by atoms with Gasteiger partial charge in [-0.1, -0.05) is 84.1 Å². The van der Waals surface area contributed by atoms with Crippen molar-refractivity contribution in [2.24, 2.45) is 0 Å². The van der Waals surface area contributed by atoms with Crippen LogP contribution in [0.25, 0.3) is 0 Å². The summed E-state index contributed by atoms with van der Waals surface area (Å²) in [5.74, 6) is -1.36. The van der Waals surface area contributed by atoms with Gasteiger partial charge in [-0.05, 0) is 38.3 Å². The van der Waals surface area contributed by atoms with Crippen LogP contribution in [0.4, 0.5) is 0 Å². The van der Waals surface area contributed by atoms with E-state index >= 15 is 0 Å². The zero-order valence-electron chi connectivity index (χ0n) is 22.9. The number of nitrogens with zero attached hydrogens (tertiary/aromatic N) is 1. The summed E-state index contributed by atoms with van der Waals surface area (Å²) < 4.78 is 11.4. The van der Waals surface area contributed by atoms with E-state index in [0.29, 0.717) is 35.8 Å². The van der Waals surface area contributed by atoms with Gasteiger partial charge in [0, 0.05) is 23.8 Å². The lowest BCUT2D eigenvalue weighted by molar-refractivity contribution is -0.140. The number of ether oxygens (including phenoxy) is 2. The van der Waals surface area contributed by atoms with Gasteiger partial charge < -0.3 is 14.8 Å². The first kappa shape index (κ1) is 29.6. The number of nitrogens with one attached hydrogen (secondary N) is 1. The monoisotopic (exact) mass is 498 g/mol. The van der Waals surface area contributed by atoms with Gasteiger partial charge in [-0.2, -0.15) is 0 Å². The Bertz CT molecular complexity index is 824. The zero-order valence-corrected chi connectivity index (χ0v) is 22.9. The van der Waals surface area contributed by atoms with Crippen LogP contribution < -0.4 is 5.32 Å². The number of pyridine rings is 1. The second kappa shape index (κ2) is 16.9. The maximum absolute atomic E-state index is 13.3. The molecular formula is C30H46N2O4. The maximum Gasteiger partial charge on any atom is 0.336 e. The molecule has 0 radical (unpaired) electrons. The normalized spacial score (nSPS) is 14.1. The van der Waals surface area contributed by atoms with Gasteiger partial charge in [0.2, 0.25) is 0 Å². The van der Waals surface area contributed by atoms with Crippen molar-refractivity contribution in [1.82, 2.24) is 10.3 Å². The predicted octanol–water partition coefficient (Wildman–Crippen LogP) is 7.12. The Morgan fingerprint density at radius 2 is 1.25 bits per heavy atom. The molecule has 0 aromatic carbocycles. The molecule has 1 N–H and O–H groups in total. The summed E-state index contributed by atoms with van der Waals surface area (Å²) in [5, 5.41) is 3.23. The number of hydrogen-bond donors (Lipinski definition) is 1. The third kappa shape index (κ3) is 9.44. The summed E-state index contributed by atoms with van der Waals surface area (Å²) >= 11 is 0. The topological polar surface area (TPSA) is 77.5 Å². The molecule has 6 nitrogen and oxygen atoms in total. The van der Waals surface area contributed by atoms with Gasteiger partial charge >= 0.3 is 11.9 Å². The molecular weight excluding hydrogens is 452 g/mol. The highest BCUT2D eigenvalue weighted by molar-refractivity contribution is 5.99. The lowest BCUT2D eigenvalue weighted by atomic mass is 9.81. The molecule has 6 heteroatoms. The summed E-state index contributed by atoms with van der Waals surface area (Å²) in [4.78, 5) is 30.8. The van der Waals surface area contributed by atoms with Crippen LogP contribution in [0.5, 0.6) is 0 Å². The van der Waals surface area contributed by atoms with Gasteiger partial charge in [-0.15, -0.1) is 0 Å². The molecule has 0 bridgehead atoms. The van der Waals surface area contributed by atoms with Crippen LogP contribution in [0.3, 0.4) is 0 Å². The van der Waals surface area contributed by atoms with Crippen LogP contribution in [-0.4, -0.2) is 30.1 Å². The number of allylic oxidation sites excluding steroid dienone is 2. The summed E-state index contributed by atoms with van der Waals surface area (Å²) in [6.45, 7) is 8.86. The third-order valence-electron chi connectivity index (χ3n) is 6.68. The minimum Gasteiger partial charge on any atom is -0.462 e. The zero-order chi connectivity index (χ0) is 26.2. The van der Waals surface area contributed by atoms with Crippen molar-refractivity contribution in [2.75, 3.05) is 13.2 Å². The SMILES string of the molecule is CCCCCCCCOC(=O)C1=C(C)NC(C)=C(C(=O)OCCCCCCCC)C1c1cccnc1. The Balaban J connectivity index is 2.08. The molecule has 0 unspecified atom stereocenters. The summed E-state index contributed by atoms with van der Waals surface area (Å²) in [7, 11) is 0. The van der Waals surface area contributed by atoms with Crippen molar-refractivity contribution in [2.45, 2.75) is 111 Å². The highest BCUT2D eigenvalue weighted by atomic mass is 16.5. The van der Waals surface area contributed by atoms with E-state index < -0.39 is 17.9 Å². The van der Waals surface area contributed by atoms with Crippen LogP contribution in [0, 0.1) is 0 Å². The van der Waals surface area contributed by atoms with E-state index in [0.717, 1.165) is 44.1 Å². The van der Waals surface area contributed by atoms with E-state index in [1.165, 1.54) is 38.5 Å². The van der Waals surface area contributed by atoms with Gasteiger partial charge in [0.15, 0.2) is 0 Å². The first-order chi connectivity index (χ1) is 17.5. The predicted molar refractivity (Wildman–Crippen MR) is 144 cm³/mol. The molecule has 1 aliphatic heterocycles. The first-order valence-electron chi connectivity index (χ1n) is 13.9. The number of unbranched alkanes of at least 4 members (excludes halogenated alkanes) is 10. The summed E-state index contributed by atoms with van der Waals surface area (Å²) in [5.41, 5.74) is 3.07. The molecule has 0 spiro atoms. The highest BCUT2D eigenvalue weighted by Gasteiger charge is 2.38. The van der Waals surface area contributed by atoms with Crippen molar-refractivity contribution in [3.05, 3.63) is 52.6 Å². The van der Waals surface area contributed by atoms with Crippen LogP contribution in [0.15, 0.2) is 47.1 Å². The molecule has 2 heterocycles. The smallest absolute Gasteiger partial charge is 0.336 e. The number of carbonyl (C=O) groups excluding carboxylic acids is 2. The van der Waals surface area contributed by atoms with Crippen molar-refractivity contribution < 1.29 is 19.1 Å². The lowest BCUT2D eigenvalue weighted by Gasteiger charge is -2.30. The van der Waals surface area contributed by atoms with E-state index in [9.17, 15) is 9.59 Å². The van der Waals surface area contributed by atoms with Crippen molar-refractivity contribution >= 4 is 11.9 Å². The number of rotatable bonds is 17. The van der Waals surface area contributed by atoms with Crippen molar-refractivity contribution in [1.29, 1.82) is 0 Å². The average molecular weight is 499 g/mol. The molecule has 2 rings (SSSR count). The van der Waals surface area contributed by atoms with E-state index in [1.54, 1.807) is 12.4 Å². The van der Waals surface area contributed by atoms with E-state index in [4.69, 9.17) is 9.47 Å². The molecule has 200 valence electrons. The minimum absolute atomic E-state index is 0.377. The fourth-order valence-electron chi connectivity index (χ4n) is 4.67. The molecule has 1 aliphatic rings. The molecule has 0 atom stereocenters. The molecule has 36 heavy (non-hydrogen) atoms. The van der Waals surface area contributed by atoms with Gasteiger partial charge in [-0.25, -0.2) is 9.59 Å². The minimum atomic E-state index is -0.575. The third-order valence-corrected chi connectivity index (χ3v) is 6.68. The molecule has 0 saturated heterocycles. The van der Waals surface area contributed by atoms with Crippen LogP contribution in [-0.2, 0) is 19.1 Å². The fourth-order valence-corrected chi connectivity index (χ4v) is 4.67. The highest BCUT2D eigenvalue weighted by Crippen LogP contribution is 2.39. The Morgan fingerprint density at radius 3 is 1.69 bits per heavy atom. The van der Waals surface area contributed by atoms with Gasteiger partial charge in [0.25, 0.3) is 0 Å². The number of carbonyl (C=O) groups is 2. The van der Waals surface area contributed by atoms with E-state index in [-0.39, 0.29) is 0 Å². The molecule has 0 aliphatic carbocycles. The molecule has 1 aromatic heterocycles. The molecule has 0 fully saturated rings. The van der Waals surface area contributed by atoms with Gasteiger partial charge in [0.1, 0.15) is 0 Å². The number of hydrogen-bond acceptors (Lipinski definition) is 6. The Labute approximate surface area is 217 Å². The Morgan fingerprint density at radius 1 is 0.778 bits per heavy atom. The second-order valence-corrected chi connectivity index (χ2v) is 9.73. The molecule has 1 aromatic rings. The maximum atomic E-state index is 13.3. The molecule has 0 saturated carbocycles. The first-order valence-corrected chi connectivity index (χ1v) is 13.9. The lowest BCUT2D eigenvalue weighted by Crippen LogP contribution is -2.32. The van der Waals surface area contributed by atoms with Crippen molar-refractivity contribution in [3.63, 3.8) is 0 Å². The van der Waals surface area contributed by atoms with Crippen LogP contribution in [0.1, 0.15) is 116 Å². The second-order valence-electron chi connectivity index (χ2n) is 9.73. The number of aromatic nitrogens is 1. The van der Waals surface area contributed by atoms with E-state index in [1.807, 2.05) is 26.0 Å². The van der Waals surface area contributed by atoms with Gasteiger partial charge in [0.05, 0.1) is 30.3 Å². The number of dihydropyridines is 1.